The monoisotopic (exact) mass is 276 g/mol. The van der Waals surface area contributed by atoms with Gasteiger partial charge in [-0.15, -0.1) is 0 Å². The van der Waals surface area contributed by atoms with Gasteiger partial charge in [-0.3, -0.25) is 4.98 Å². The van der Waals surface area contributed by atoms with Gasteiger partial charge in [0.2, 0.25) is 0 Å². The largest absolute Gasteiger partial charge is 0.265 e. The van der Waals surface area contributed by atoms with Crippen LogP contribution in [0.5, 0.6) is 0 Å². The van der Waals surface area contributed by atoms with Crippen molar-refractivity contribution in [1.82, 2.24) is 4.98 Å². The van der Waals surface area contributed by atoms with Crippen LogP contribution in [0.1, 0.15) is 56.9 Å². The third kappa shape index (κ3) is 9.55. The molecule has 104 valence electrons. The molecule has 0 atom stereocenters. The lowest BCUT2D eigenvalue weighted by molar-refractivity contribution is 0.576. The van der Waals surface area contributed by atoms with E-state index in [0.717, 1.165) is 5.75 Å². The second-order valence-corrected chi connectivity index (χ2v) is 5.75. The first-order chi connectivity index (χ1) is 9.43. The number of aryl methyl sites for hydroxylation is 1. The van der Waals surface area contributed by atoms with Crippen molar-refractivity contribution in [1.29, 1.82) is 5.26 Å². The minimum absolute atomic E-state index is 1.00. The maximum atomic E-state index is 8.38. The molecule has 0 aliphatic heterocycles. The highest BCUT2D eigenvalue weighted by Gasteiger charge is 1.94. The summed E-state index contributed by atoms with van der Waals surface area (Å²) in [4.78, 5) is 4.03. The number of pyridine rings is 1. The highest BCUT2D eigenvalue weighted by atomic mass is 32.2. The van der Waals surface area contributed by atoms with Gasteiger partial charge in [0.25, 0.3) is 0 Å². The smallest absolute Gasteiger partial charge is 0.133 e. The summed E-state index contributed by atoms with van der Waals surface area (Å²) in [5.74, 6) is 1.00. The Balaban J connectivity index is 1.80. The Labute approximate surface area is 121 Å². The standard InChI is InChI=1S/C16H24N2S/c17-15-19-14-8-6-4-2-1-3-5-7-9-16-10-12-18-13-11-16/h10-13H,1-9,14H2. The quantitative estimate of drug-likeness (QED) is 0.423. The summed E-state index contributed by atoms with van der Waals surface area (Å²) in [6.07, 6.45) is 15.5. The highest BCUT2D eigenvalue weighted by molar-refractivity contribution is 8.03. The normalized spacial score (nSPS) is 10.3. The predicted molar refractivity (Wildman–Crippen MR) is 82.9 cm³/mol. The van der Waals surface area contributed by atoms with Crippen LogP contribution in [0, 0.1) is 10.7 Å². The van der Waals surface area contributed by atoms with E-state index >= 15 is 0 Å². The Morgan fingerprint density at radius 3 is 2.11 bits per heavy atom. The molecule has 0 spiro atoms. The number of thiocyanates is 1. The number of hydrogen-bond donors (Lipinski definition) is 0. The van der Waals surface area contributed by atoms with Crippen molar-refractivity contribution < 1.29 is 0 Å². The van der Waals surface area contributed by atoms with E-state index in [1.165, 1.54) is 75.1 Å². The zero-order valence-corrected chi connectivity index (χ0v) is 12.5. The number of hydrogen-bond acceptors (Lipinski definition) is 3. The van der Waals surface area contributed by atoms with E-state index in [1.807, 2.05) is 12.4 Å². The molecule has 0 radical (unpaired) electrons. The zero-order valence-electron chi connectivity index (χ0n) is 11.7. The number of thioether (sulfide) groups is 1. The number of nitrogens with zero attached hydrogens (tertiary/aromatic N) is 2. The molecule has 1 heterocycles. The first kappa shape index (κ1) is 16.0. The lowest BCUT2D eigenvalue weighted by Crippen LogP contribution is -1.87. The molecule has 1 aromatic heterocycles. The Hall–Kier alpha value is -1.01. The number of aromatic nitrogens is 1. The van der Waals surface area contributed by atoms with Gasteiger partial charge in [-0.1, -0.05) is 38.5 Å². The van der Waals surface area contributed by atoms with Crippen molar-refractivity contribution in [3.8, 4) is 5.40 Å². The van der Waals surface area contributed by atoms with Crippen molar-refractivity contribution in [2.45, 2.75) is 57.8 Å². The summed E-state index contributed by atoms with van der Waals surface area (Å²) < 4.78 is 0. The minimum Gasteiger partial charge on any atom is -0.265 e. The van der Waals surface area contributed by atoms with Crippen LogP contribution in [-0.4, -0.2) is 10.7 Å². The van der Waals surface area contributed by atoms with Gasteiger partial charge in [0.05, 0.1) is 0 Å². The van der Waals surface area contributed by atoms with E-state index in [4.69, 9.17) is 5.26 Å². The SMILES string of the molecule is N#CSCCCCCCCCCCc1ccncc1. The molecule has 0 aliphatic carbocycles. The van der Waals surface area contributed by atoms with Crippen molar-refractivity contribution in [2.75, 3.05) is 5.75 Å². The molecular weight excluding hydrogens is 252 g/mol. The van der Waals surface area contributed by atoms with Gasteiger partial charge in [0.15, 0.2) is 0 Å². The van der Waals surface area contributed by atoms with Gasteiger partial charge >= 0.3 is 0 Å². The third-order valence-electron chi connectivity index (χ3n) is 3.28. The molecule has 0 saturated carbocycles. The summed E-state index contributed by atoms with van der Waals surface area (Å²) in [6.45, 7) is 0. The number of nitriles is 1. The van der Waals surface area contributed by atoms with Crippen LogP contribution >= 0.6 is 11.8 Å². The molecule has 0 aromatic carbocycles. The van der Waals surface area contributed by atoms with Crippen molar-refractivity contribution in [2.24, 2.45) is 0 Å². The second-order valence-electron chi connectivity index (χ2n) is 4.87. The first-order valence-corrected chi connectivity index (χ1v) is 8.32. The van der Waals surface area contributed by atoms with E-state index in [2.05, 4.69) is 22.5 Å². The number of unbranched alkanes of at least 4 members (excludes halogenated alkanes) is 7. The van der Waals surface area contributed by atoms with Gasteiger partial charge in [-0.25, -0.2) is 0 Å². The predicted octanol–water partition coefficient (Wildman–Crippen LogP) is 4.96. The Morgan fingerprint density at radius 1 is 0.895 bits per heavy atom. The average Bonchev–Trinajstić information content (AvgIpc) is 2.46. The molecule has 0 unspecified atom stereocenters. The maximum absolute atomic E-state index is 8.38. The third-order valence-corrected chi connectivity index (χ3v) is 3.90. The van der Waals surface area contributed by atoms with Crippen molar-refractivity contribution in [3.05, 3.63) is 30.1 Å². The first-order valence-electron chi connectivity index (χ1n) is 7.33. The fourth-order valence-corrected chi connectivity index (χ4v) is 2.60. The van der Waals surface area contributed by atoms with Gasteiger partial charge in [0.1, 0.15) is 5.40 Å². The summed E-state index contributed by atoms with van der Waals surface area (Å²) in [7, 11) is 0. The van der Waals surface area contributed by atoms with E-state index in [0.29, 0.717) is 0 Å². The average molecular weight is 276 g/mol. The molecule has 1 rings (SSSR count). The van der Waals surface area contributed by atoms with E-state index in [-0.39, 0.29) is 0 Å². The fraction of sp³-hybridized carbons (Fsp3) is 0.625. The number of rotatable bonds is 11. The van der Waals surface area contributed by atoms with Crippen LogP contribution < -0.4 is 0 Å². The van der Waals surface area contributed by atoms with Crippen molar-refractivity contribution in [3.63, 3.8) is 0 Å². The van der Waals surface area contributed by atoms with E-state index in [1.54, 1.807) is 0 Å². The van der Waals surface area contributed by atoms with Gasteiger partial charge in [0, 0.05) is 18.1 Å². The van der Waals surface area contributed by atoms with Crippen LogP contribution in [0.15, 0.2) is 24.5 Å². The summed E-state index contributed by atoms with van der Waals surface area (Å²) in [5, 5.41) is 10.5. The Morgan fingerprint density at radius 2 is 1.47 bits per heavy atom. The van der Waals surface area contributed by atoms with Crippen LogP contribution in [0.25, 0.3) is 0 Å². The van der Waals surface area contributed by atoms with Crippen LogP contribution in [0.2, 0.25) is 0 Å². The summed E-state index contributed by atoms with van der Waals surface area (Å²) in [6, 6.07) is 4.22. The summed E-state index contributed by atoms with van der Waals surface area (Å²) >= 11 is 1.38. The lowest BCUT2D eigenvalue weighted by Gasteiger charge is -2.02. The van der Waals surface area contributed by atoms with Crippen LogP contribution in [-0.2, 0) is 6.42 Å². The lowest BCUT2D eigenvalue weighted by atomic mass is 10.0. The minimum atomic E-state index is 1.00. The Kier molecular flexibility index (Phi) is 10.2. The molecule has 1 aromatic rings. The summed E-state index contributed by atoms with van der Waals surface area (Å²) in [5.41, 5.74) is 1.41. The highest BCUT2D eigenvalue weighted by Crippen LogP contribution is 2.12. The van der Waals surface area contributed by atoms with E-state index in [9.17, 15) is 0 Å². The van der Waals surface area contributed by atoms with Crippen molar-refractivity contribution >= 4 is 11.8 Å². The van der Waals surface area contributed by atoms with Gasteiger partial charge < -0.3 is 0 Å². The maximum Gasteiger partial charge on any atom is 0.133 e. The molecule has 0 bridgehead atoms. The topological polar surface area (TPSA) is 36.7 Å². The molecule has 19 heavy (non-hydrogen) atoms. The van der Waals surface area contributed by atoms with E-state index < -0.39 is 0 Å². The molecule has 3 heteroatoms. The molecule has 0 aliphatic rings. The molecular formula is C16H24N2S. The fourth-order valence-electron chi connectivity index (χ4n) is 2.16. The second kappa shape index (κ2) is 12.0. The molecule has 0 N–H and O–H groups in total. The Bertz CT molecular complexity index is 346. The molecule has 0 amide bonds. The zero-order chi connectivity index (χ0) is 13.6. The van der Waals surface area contributed by atoms with Crippen LogP contribution in [0.4, 0.5) is 0 Å². The van der Waals surface area contributed by atoms with Gasteiger partial charge in [-0.05, 0) is 48.7 Å². The molecule has 2 nitrogen and oxygen atoms in total. The molecule has 0 fully saturated rings. The molecule has 0 saturated heterocycles. The van der Waals surface area contributed by atoms with Gasteiger partial charge in [-0.2, -0.15) is 5.26 Å². The van der Waals surface area contributed by atoms with Crippen LogP contribution in [0.3, 0.4) is 0 Å².